The van der Waals surface area contributed by atoms with Crippen LogP contribution in [0.2, 0.25) is 0 Å². The molecule has 0 aromatic carbocycles. The summed E-state index contributed by atoms with van der Waals surface area (Å²) in [7, 11) is 0. The number of hydrogen-bond acceptors (Lipinski definition) is 2. The summed E-state index contributed by atoms with van der Waals surface area (Å²) in [6.07, 6.45) is 8.17. The third-order valence-corrected chi connectivity index (χ3v) is 5.46. The first-order chi connectivity index (χ1) is 8.14. The van der Waals surface area contributed by atoms with Gasteiger partial charge in [0.2, 0.25) is 0 Å². The highest BCUT2D eigenvalue weighted by Gasteiger charge is 2.47. The molecule has 1 saturated carbocycles. The van der Waals surface area contributed by atoms with E-state index in [0.29, 0.717) is 5.54 Å². The first-order valence-corrected chi connectivity index (χ1v) is 7.61. The minimum absolute atomic E-state index is 0.336. The molecule has 2 aliphatic rings. The average Bonchev–Trinajstić information content (AvgIpc) is 2.76. The molecule has 0 aromatic rings. The van der Waals surface area contributed by atoms with Crippen LogP contribution in [0.1, 0.15) is 59.3 Å². The zero-order chi connectivity index (χ0) is 12.5. The van der Waals surface area contributed by atoms with Crippen LogP contribution >= 0.6 is 0 Å². The number of piperidine rings is 1. The van der Waals surface area contributed by atoms with E-state index in [1.54, 1.807) is 0 Å². The Bertz CT molecular complexity index is 253. The van der Waals surface area contributed by atoms with Crippen molar-refractivity contribution in [2.75, 3.05) is 13.1 Å². The summed E-state index contributed by atoms with van der Waals surface area (Å²) in [4.78, 5) is 2.79. The van der Waals surface area contributed by atoms with Gasteiger partial charge in [0, 0.05) is 24.7 Å². The molecule has 2 nitrogen and oxygen atoms in total. The van der Waals surface area contributed by atoms with Crippen molar-refractivity contribution in [2.24, 2.45) is 17.6 Å². The Morgan fingerprint density at radius 1 is 1.24 bits per heavy atom. The summed E-state index contributed by atoms with van der Waals surface area (Å²) in [6.45, 7) is 9.29. The van der Waals surface area contributed by atoms with E-state index in [4.69, 9.17) is 5.73 Å². The van der Waals surface area contributed by atoms with Crippen molar-refractivity contribution >= 4 is 0 Å². The SMILES string of the molecule is CCC1CCCC1(CN)N1CC(C)CCC1C. The Kier molecular flexibility index (Phi) is 4.14. The van der Waals surface area contributed by atoms with Crippen molar-refractivity contribution in [3.05, 3.63) is 0 Å². The van der Waals surface area contributed by atoms with Crippen LogP contribution in [0.15, 0.2) is 0 Å². The second-order valence-corrected chi connectivity index (χ2v) is 6.49. The fraction of sp³-hybridized carbons (Fsp3) is 1.00. The van der Waals surface area contributed by atoms with Gasteiger partial charge in [-0.05, 0) is 44.4 Å². The van der Waals surface area contributed by atoms with Crippen LogP contribution in [0.3, 0.4) is 0 Å². The molecule has 2 heteroatoms. The fourth-order valence-corrected chi connectivity index (χ4v) is 4.38. The molecular formula is C15H30N2. The zero-order valence-corrected chi connectivity index (χ0v) is 11.9. The van der Waals surface area contributed by atoms with Crippen LogP contribution in [0, 0.1) is 11.8 Å². The summed E-state index contributed by atoms with van der Waals surface area (Å²) >= 11 is 0. The molecular weight excluding hydrogens is 208 g/mol. The Balaban J connectivity index is 2.20. The summed E-state index contributed by atoms with van der Waals surface area (Å²) in [6, 6.07) is 0.738. The van der Waals surface area contributed by atoms with Crippen molar-refractivity contribution in [3.8, 4) is 0 Å². The minimum atomic E-state index is 0.336. The molecule has 0 aromatic heterocycles. The molecule has 0 radical (unpaired) electrons. The van der Waals surface area contributed by atoms with Gasteiger partial charge in [-0.3, -0.25) is 4.90 Å². The van der Waals surface area contributed by atoms with Crippen LogP contribution in [-0.4, -0.2) is 29.6 Å². The van der Waals surface area contributed by atoms with E-state index >= 15 is 0 Å². The highest BCUT2D eigenvalue weighted by molar-refractivity contribution is 5.04. The molecule has 17 heavy (non-hydrogen) atoms. The van der Waals surface area contributed by atoms with E-state index < -0.39 is 0 Å². The Hall–Kier alpha value is -0.0800. The second-order valence-electron chi connectivity index (χ2n) is 6.49. The fourth-order valence-electron chi connectivity index (χ4n) is 4.38. The molecule has 0 bridgehead atoms. The quantitative estimate of drug-likeness (QED) is 0.819. The lowest BCUT2D eigenvalue weighted by Gasteiger charge is -2.51. The number of hydrogen-bond donors (Lipinski definition) is 1. The van der Waals surface area contributed by atoms with Gasteiger partial charge < -0.3 is 5.73 Å². The first-order valence-electron chi connectivity index (χ1n) is 7.61. The van der Waals surface area contributed by atoms with Gasteiger partial charge in [0.25, 0.3) is 0 Å². The number of rotatable bonds is 3. The van der Waals surface area contributed by atoms with Crippen LogP contribution in [0.4, 0.5) is 0 Å². The molecule has 1 saturated heterocycles. The summed E-state index contributed by atoms with van der Waals surface area (Å²) < 4.78 is 0. The Labute approximate surface area is 107 Å². The van der Waals surface area contributed by atoms with Crippen molar-refractivity contribution in [1.29, 1.82) is 0 Å². The van der Waals surface area contributed by atoms with Crippen molar-refractivity contribution in [3.63, 3.8) is 0 Å². The van der Waals surface area contributed by atoms with Crippen molar-refractivity contribution in [2.45, 2.75) is 70.9 Å². The highest BCUT2D eigenvalue weighted by Crippen LogP contribution is 2.44. The summed E-state index contributed by atoms with van der Waals surface area (Å²) in [5.41, 5.74) is 6.57. The van der Waals surface area contributed by atoms with Gasteiger partial charge in [0.05, 0.1) is 0 Å². The lowest BCUT2D eigenvalue weighted by atomic mass is 9.79. The van der Waals surface area contributed by atoms with E-state index in [2.05, 4.69) is 25.7 Å². The molecule has 0 amide bonds. The smallest absolute Gasteiger partial charge is 0.0362 e. The number of nitrogens with zero attached hydrogens (tertiary/aromatic N) is 1. The van der Waals surface area contributed by atoms with Gasteiger partial charge in [-0.15, -0.1) is 0 Å². The standard InChI is InChI=1S/C15H30N2/c1-4-14-6-5-9-15(14,11-16)17-10-12(2)7-8-13(17)3/h12-14H,4-11,16H2,1-3H3. The third kappa shape index (κ3) is 2.26. The lowest BCUT2D eigenvalue weighted by Crippen LogP contribution is -2.61. The molecule has 2 fully saturated rings. The molecule has 4 atom stereocenters. The zero-order valence-electron chi connectivity index (χ0n) is 11.9. The minimum Gasteiger partial charge on any atom is -0.329 e. The average molecular weight is 238 g/mol. The van der Waals surface area contributed by atoms with Crippen molar-refractivity contribution in [1.82, 2.24) is 4.90 Å². The van der Waals surface area contributed by atoms with E-state index in [0.717, 1.165) is 24.4 Å². The monoisotopic (exact) mass is 238 g/mol. The Morgan fingerprint density at radius 2 is 2.00 bits per heavy atom. The van der Waals surface area contributed by atoms with E-state index in [9.17, 15) is 0 Å². The predicted octanol–water partition coefficient (Wildman–Crippen LogP) is 3.01. The molecule has 1 aliphatic carbocycles. The first kappa shape index (κ1) is 13.4. The topological polar surface area (TPSA) is 29.3 Å². The second kappa shape index (κ2) is 5.27. The van der Waals surface area contributed by atoms with E-state index in [-0.39, 0.29) is 0 Å². The summed E-state index contributed by atoms with van der Waals surface area (Å²) in [5.74, 6) is 1.69. The molecule has 4 unspecified atom stereocenters. The van der Waals surface area contributed by atoms with Crippen LogP contribution in [-0.2, 0) is 0 Å². The lowest BCUT2D eigenvalue weighted by molar-refractivity contribution is -0.0144. The van der Waals surface area contributed by atoms with Gasteiger partial charge in [-0.25, -0.2) is 0 Å². The van der Waals surface area contributed by atoms with Crippen molar-refractivity contribution < 1.29 is 0 Å². The van der Waals surface area contributed by atoms with E-state index in [1.165, 1.54) is 45.1 Å². The van der Waals surface area contributed by atoms with Gasteiger partial charge in [0.15, 0.2) is 0 Å². The van der Waals surface area contributed by atoms with Gasteiger partial charge in [-0.2, -0.15) is 0 Å². The molecule has 0 spiro atoms. The maximum absolute atomic E-state index is 6.23. The predicted molar refractivity (Wildman–Crippen MR) is 74.0 cm³/mol. The Morgan fingerprint density at radius 3 is 2.65 bits per heavy atom. The molecule has 1 heterocycles. The highest BCUT2D eigenvalue weighted by atomic mass is 15.2. The van der Waals surface area contributed by atoms with Gasteiger partial charge in [-0.1, -0.05) is 26.7 Å². The van der Waals surface area contributed by atoms with Crippen LogP contribution in [0.25, 0.3) is 0 Å². The summed E-state index contributed by atoms with van der Waals surface area (Å²) in [5, 5.41) is 0. The molecule has 2 rings (SSSR count). The largest absolute Gasteiger partial charge is 0.329 e. The van der Waals surface area contributed by atoms with Gasteiger partial charge >= 0.3 is 0 Å². The number of likely N-dealkylation sites (tertiary alicyclic amines) is 1. The van der Waals surface area contributed by atoms with Crippen LogP contribution in [0.5, 0.6) is 0 Å². The molecule has 100 valence electrons. The maximum atomic E-state index is 6.23. The van der Waals surface area contributed by atoms with E-state index in [1.807, 2.05) is 0 Å². The third-order valence-electron chi connectivity index (χ3n) is 5.46. The number of nitrogens with two attached hydrogens (primary N) is 1. The molecule has 1 aliphatic heterocycles. The normalized spacial score (nSPS) is 44.1. The molecule has 2 N–H and O–H groups in total. The van der Waals surface area contributed by atoms with Crippen LogP contribution < -0.4 is 5.73 Å². The maximum Gasteiger partial charge on any atom is 0.0362 e. The van der Waals surface area contributed by atoms with Gasteiger partial charge in [0.1, 0.15) is 0 Å².